The summed E-state index contributed by atoms with van der Waals surface area (Å²) in [6, 6.07) is 8.77. The van der Waals surface area contributed by atoms with E-state index < -0.39 is 0 Å². The molecule has 0 saturated carbocycles. The molecular weight excluding hydrogens is 306 g/mol. The van der Waals surface area contributed by atoms with Crippen LogP contribution in [0.2, 0.25) is 0 Å². The van der Waals surface area contributed by atoms with Crippen LogP contribution in [0.1, 0.15) is 24.3 Å². The number of hydrogen-bond acceptors (Lipinski definition) is 5. The molecule has 1 amide bonds. The van der Waals surface area contributed by atoms with Crippen molar-refractivity contribution >= 4 is 17.3 Å². The molecule has 0 aliphatic carbocycles. The number of amides is 1. The van der Waals surface area contributed by atoms with E-state index in [4.69, 9.17) is 9.47 Å². The van der Waals surface area contributed by atoms with Crippen LogP contribution in [0, 0.1) is 5.92 Å². The van der Waals surface area contributed by atoms with E-state index in [1.165, 1.54) is 0 Å². The third-order valence-corrected chi connectivity index (χ3v) is 3.36. The summed E-state index contributed by atoms with van der Waals surface area (Å²) in [5.41, 5.74) is 1.76. The molecule has 2 aromatic rings. The number of anilines is 2. The lowest BCUT2D eigenvalue weighted by atomic mass is 10.2. The Morgan fingerprint density at radius 2 is 1.96 bits per heavy atom. The number of aromatic nitrogens is 1. The summed E-state index contributed by atoms with van der Waals surface area (Å²) < 4.78 is 10.4. The third-order valence-electron chi connectivity index (χ3n) is 3.36. The second-order valence-electron chi connectivity index (χ2n) is 5.72. The van der Waals surface area contributed by atoms with Crippen LogP contribution in [0.15, 0.2) is 36.5 Å². The highest BCUT2D eigenvalue weighted by molar-refractivity contribution is 6.04. The van der Waals surface area contributed by atoms with Crippen molar-refractivity contribution in [2.45, 2.75) is 13.8 Å². The zero-order chi connectivity index (χ0) is 17.5. The van der Waals surface area contributed by atoms with Crippen LogP contribution in [0.3, 0.4) is 0 Å². The highest BCUT2D eigenvalue weighted by atomic mass is 16.5. The largest absolute Gasteiger partial charge is 0.497 e. The molecule has 0 atom stereocenters. The van der Waals surface area contributed by atoms with Gasteiger partial charge >= 0.3 is 0 Å². The van der Waals surface area contributed by atoms with Crippen molar-refractivity contribution in [1.29, 1.82) is 0 Å². The summed E-state index contributed by atoms with van der Waals surface area (Å²) >= 11 is 0. The topological polar surface area (TPSA) is 72.5 Å². The van der Waals surface area contributed by atoms with Gasteiger partial charge in [-0.3, -0.25) is 9.78 Å². The quantitative estimate of drug-likeness (QED) is 0.814. The summed E-state index contributed by atoms with van der Waals surface area (Å²) in [5, 5.41) is 6.09. The molecule has 2 rings (SSSR count). The number of benzene rings is 1. The molecule has 0 aliphatic heterocycles. The van der Waals surface area contributed by atoms with Gasteiger partial charge in [0.1, 0.15) is 17.2 Å². The maximum Gasteiger partial charge on any atom is 0.274 e. The van der Waals surface area contributed by atoms with E-state index >= 15 is 0 Å². The standard InChI is InChI=1S/C18H23N3O3/c1-12(2)11-20-13-7-8-19-16(9-13)18(22)21-15-6-5-14(23-3)10-17(15)24-4/h5-10,12H,11H2,1-4H3,(H,19,20)(H,21,22). The van der Waals surface area contributed by atoms with Crippen LogP contribution in [-0.2, 0) is 0 Å². The zero-order valence-corrected chi connectivity index (χ0v) is 14.4. The minimum absolute atomic E-state index is 0.299. The van der Waals surface area contributed by atoms with Crippen LogP contribution in [-0.4, -0.2) is 31.7 Å². The van der Waals surface area contributed by atoms with Gasteiger partial charge in [-0.05, 0) is 30.2 Å². The van der Waals surface area contributed by atoms with E-state index in [9.17, 15) is 4.79 Å². The molecular formula is C18H23N3O3. The molecule has 0 bridgehead atoms. The minimum atomic E-state index is -0.299. The Balaban J connectivity index is 2.13. The molecule has 1 aromatic carbocycles. The number of carbonyl (C=O) groups is 1. The minimum Gasteiger partial charge on any atom is -0.497 e. The fraction of sp³-hybridized carbons (Fsp3) is 0.333. The molecule has 0 saturated heterocycles. The van der Waals surface area contributed by atoms with Gasteiger partial charge in [0.2, 0.25) is 0 Å². The summed E-state index contributed by atoms with van der Waals surface area (Å²) in [7, 11) is 3.12. The van der Waals surface area contributed by atoms with E-state index in [1.807, 2.05) is 6.07 Å². The number of nitrogens with zero attached hydrogens (tertiary/aromatic N) is 1. The first kappa shape index (κ1) is 17.6. The van der Waals surface area contributed by atoms with Crippen molar-refractivity contribution in [3.8, 4) is 11.5 Å². The van der Waals surface area contributed by atoms with Gasteiger partial charge in [0.05, 0.1) is 19.9 Å². The third kappa shape index (κ3) is 4.62. The molecule has 24 heavy (non-hydrogen) atoms. The monoisotopic (exact) mass is 329 g/mol. The van der Waals surface area contributed by atoms with Gasteiger partial charge < -0.3 is 20.1 Å². The Kier molecular flexibility index (Phi) is 6.01. The van der Waals surface area contributed by atoms with Gasteiger partial charge in [0, 0.05) is 24.5 Å². The Hall–Kier alpha value is -2.76. The van der Waals surface area contributed by atoms with Crippen molar-refractivity contribution in [2.24, 2.45) is 5.92 Å². The SMILES string of the molecule is COc1ccc(NC(=O)c2cc(NCC(C)C)ccn2)c(OC)c1. The zero-order valence-electron chi connectivity index (χ0n) is 14.4. The molecule has 6 nitrogen and oxygen atoms in total. The van der Waals surface area contributed by atoms with E-state index in [1.54, 1.807) is 44.7 Å². The average Bonchev–Trinajstić information content (AvgIpc) is 2.60. The normalized spacial score (nSPS) is 10.4. The van der Waals surface area contributed by atoms with E-state index in [0.29, 0.717) is 28.8 Å². The Labute approximate surface area is 142 Å². The summed E-state index contributed by atoms with van der Waals surface area (Å²) in [6.07, 6.45) is 1.61. The second-order valence-corrected chi connectivity index (χ2v) is 5.72. The second kappa shape index (κ2) is 8.19. The molecule has 0 aliphatic rings. The molecule has 0 fully saturated rings. The fourth-order valence-corrected chi connectivity index (χ4v) is 2.07. The van der Waals surface area contributed by atoms with E-state index in [-0.39, 0.29) is 5.91 Å². The smallest absolute Gasteiger partial charge is 0.274 e. The van der Waals surface area contributed by atoms with Gasteiger partial charge in [-0.25, -0.2) is 0 Å². The lowest BCUT2D eigenvalue weighted by Crippen LogP contribution is -2.15. The van der Waals surface area contributed by atoms with Crippen LogP contribution < -0.4 is 20.1 Å². The summed E-state index contributed by atoms with van der Waals surface area (Å²) in [5.74, 6) is 1.39. The molecule has 0 radical (unpaired) electrons. The van der Waals surface area contributed by atoms with Crippen molar-refractivity contribution in [3.05, 3.63) is 42.2 Å². The van der Waals surface area contributed by atoms with Crippen molar-refractivity contribution < 1.29 is 14.3 Å². The number of rotatable bonds is 7. The van der Waals surface area contributed by atoms with Gasteiger partial charge in [-0.15, -0.1) is 0 Å². The number of ether oxygens (including phenoxy) is 2. The van der Waals surface area contributed by atoms with E-state index in [2.05, 4.69) is 29.5 Å². The highest BCUT2D eigenvalue weighted by Gasteiger charge is 2.12. The van der Waals surface area contributed by atoms with Gasteiger partial charge in [-0.2, -0.15) is 0 Å². The molecule has 0 spiro atoms. The van der Waals surface area contributed by atoms with Gasteiger partial charge in [0.15, 0.2) is 0 Å². The Morgan fingerprint density at radius 3 is 2.62 bits per heavy atom. The number of pyridine rings is 1. The fourth-order valence-electron chi connectivity index (χ4n) is 2.07. The maximum absolute atomic E-state index is 12.4. The predicted octanol–water partition coefficient (Wildman–Crippen LogP) is 3.42. The molecule has 2 N–H and O–H groups in total. The lowest BCUT2D eigenvalue weighted by molar-refractivity contribution is 0.102. The molecule has 1 aromatic heterocycles. The predicted molar refractivity (Wildman–Crippen MR) is 95.1 cm³/mol. The maximum atomic E-state index is 12.4. The molecule has 128 valence electrons. The molecule has 0 unspecified atom stereocenters. The van der Waals surface area contributed by atoms with Crippen LogP contribution in [0.4, 0.5) is 11.4 Å². The van der Waals surface area contributed by atoms with Crippen molar-refractivity contribution in [3.63, 3.8) is 0 Å². The van der Waals surface area contributed by atoms with Crippen molar-refractivity contribution in [2.75, 3.05) is 31.4 Å². The Bertz CT molecular complexity index is 702. The number of hydrogen-bond donors (Lipinski definition) is 2. The molecule has 6 heteroatoms. The van der Waals surface area contributed by atoms with Crippen LogP contribution in [0.25, 0.3) is 0 Å². The first-order valence-electron chi connectivity index (χ1n) is 7.76. The average molecular weight is 329 g/mol. The Morgan fingerprint density at radius 1 is 1.17 bits per heavy atom. The number of carbonyl (C=O) groups excluding carboxylic acids is 1. The van der Waals surface area contributed by atoms with Crippen molar-refractivity contribution in [1.82, 2.24) is 4.98 Å². The first-order chi connectivity index (χ1) is 11.5. The van der Waals surface area contributed by atoms with Crippen LogP contribution >= 0.6 is 0 Å². The van der Waals surface area contributed by atoms with Crippen LogP contribution in [0.5, 0.6) is 11.5 Å². The highest BCUT2D eigenvalue weighted by Crippen LogP contribution is 2.29. The lowest BCUT2D eigenvalue weighted by Gasteiger charge is -2.12. The molecule has 1 heterocycles. The number of nitrogens with one attached hydrogen (secondary N) is 2. The van der Waals surface area contributed by atoms with Gasteiger partial charge in [-0.1, -0.05) is 13.8 Å². The van der Waals surface area contributed by atoms with Gasteiger partial charge in [0.25, 0.3) is 5.91 Å². The first-order valence-corrected chi connectivity index (χ1v) is 7.76. The number of methoxy groups -OCH3 is 2. The van der Waals surface area contributed by atoms with E-state index in [0.717, 1.165) is 12.2 Å². The summed E-state index contributed by atoms with van der Waals surface area (Å²) in [4.78, 5) is 16.6. The summed E-state index contributed by atoms with van der Waals surface area (Å²) in [6.45, 7) is 5.08.